The number of halogens is 1. The van der Waals surface area contributed by atoms with Gasteiger partial charge in [0.1, 0.15) is 6.04 Å². The fourth-order valence-electron chi connectivity index (χ4n) is 9.16. The minimum absolute atomic E-state index is 0.0913. The van der Waals surface area contributed by atoms with E-state index in [9.17, 15) is 14.4 Å². The Morgan fingerprint density at radius 3 is 2.43 bits per heavy atom. The van der Waals surface area contributed by atoms with E-state index < -0.39 is 23.4 Å². The predicted molar refractivity (Wildman–Crippen MR) is 177 cm³/mol. The molecule has 9 heteroatoms. The van der Waals surface area contributed by atoms with Gasteiger partial charge in [0, 0.05) is 37.1 Å². The number of carbonyl (C=O) groups excluding carboxylic acids is 3. The molecule has 7 rings (SSSR count). The van der Waals surface area contributed by atoms with Crippen LogP contribution >= 0.6 is 11.6 Å². The van der Waals surface area contributed by atoms with E-state index in [-0.39, 0.29) is 24.0 Å². The summed E-state index contributed by atoms with van der Waals surface area (Å²) in [4.78, 5) is 46.6. The van der Waals surface area contributed by atoms with E-state index in [2.05, 4.69) is 16.3 Å². The number of aryl methyl sites for hydroxylation is 1. The summed E-state index contributed by atoms with van der Waals surface area (Å²) in [6, 6.07) is 14.5. The van der Waals surface area contributed by atoms with Crippen molar-refractivity contribution in [2.45, 2.75) is 94.9 Å². The summed E-state index contributed by atoms with van der Waals surface area (Å²) in [5, 5.41) is 3.77. The number of fused-ring (bicyclic) bond motifs is 3. The van der Waals surface area contributed by atoms with Gasteiger partial charge in [-0.25, -0.2) is 0 Å². The highest BCUT2D eigenvalue weighted by Crippen LogP contribution is 2.48. The lowest BCUT2D eigenvalue weighted by atomic mass is 9.63. The second-order valence-corrected chi connectivity index (χ2v) is 14.8. The van der Waals surface area contributed by atoms with Gasteiger partial charge in [-0.05, 0) is 79.7 Å². The largest absolute Gasteiger partial charge is 0.374 e. The van der Waals surface area contributed by atoms with E-state index in [4.69, 9.17) is 22.1 Å². The van der Waals surface area contributed by atoms with Crippen LogP contribution < -0.4 is 11.1 Å². The molecule has 3 heterocycles. The Labute approximate surface area is 277 Å². The molecule has 1 saturated carbocycles. The average molecular weight is 647 g/mol. The molecule has 2 aromatic rings. The van der Waals surface area contributed by atoms with Crippen molar-refractivity contribution in [3.05, 3.63) is 70.2 Å². The number of rotatable bonds is 7. The number of hydrogen-bond donors (Lipinski definition) is 2. The number of ether oxygens (including phenoxy) is 1. The first kappa shape index (κ1) is 31.6. The molecule has 5 aliphatic rings. The first-order valence-electron chi connectivity index (χ1n) is 17.4. The predicted octanol–water partition coefficient (Wildman–Crippen LogP) is 4.82. The second kappa shape index (κ2) is 13.3. The third-order valence-corrected chi connectivity index (χ3v) is 12.1. The molecule has 3 amide bonds. The molecule has 0 spiro atoms. The van der Waals surface area contributed by atoms with Crippen LogP contribution in [0.25, 0.3) is 0 Å². The van der Waals surface area contributed by atoms with Gasteiger partial charge >= 0.3 is 0 Å². The number of carbonyl (C=O) groups is 3. The molecule has 46 heavy (non-hydrogen) atoms. The highest BCUT2D eigenvalue weighted by atomic mass is 35.5. The molecule has 0 aromatic heterocycles. The Hall–Kier alpha value is -2.94. The van der Waals surface area contributed by atoms with E-state index >= 15 is 0 Å². The third-order valence-electron chi connectivity index (χ3n) is 11.8. The highest BCUT2D eigenvalue weighted by molar-refractivity contribution is 6.30. The monoisotopic (exact) mass is 646 g/mol. The zero-order valence-corrected chi connectivity index (χ0v) is 27.4. The summed E-state index contributed by atoms with van der Waals surface area (Å²) < 4.78 is 5.83. The number of amides is 3. The molecule has 3 saturated heterocycles. The van der Waals surface area contributed by atoms with E-state index in [0.29, 0.717) is 68.8 Å². The van der Waals surface area contributed by atoms with Crippen molar-refractivity contribution in [2.24, 2.45) is 23.0 Å². The molecule has 5 atom stereocenters. The van der Waals surface area contributed by atoms with Crippen molar-refractivity contribution < 1.29 is 19.1 Å². The maximum absolute atomic E-state index is 14.4. The second-order valence-electron chi connectivity index (χ2n) is 14.4. The van der Waals surface area contributed by atoms with Crippen LogP contribution in [0.4, 0.5) is 0 Å². The van der Waals surface area contributed by atoms with Crippen LogP contribution in [0.3, 0.4) is 0 Å². The zero-order chi connectivity index (χ0) is 31.8. The number of benzene rings is 2. The van der Waals surface area contributed by atoms with Crippen LogP contribution in [0.2, 0.25) is 5.02 Å². The number of likely N-dealkylation sites (tertiary alicyclic amines) is 2. The van der Waals surface area contributed by atoms with Gasteiger partial charge in [0.2, 0.25) is 17.7 Å². The van der Waals surface area contributed by atoms with Crippen molar-refractivity contribution in [2.75, 3.05) is 26.2 Å². The maximum Gasteiger partial charge on any atom is 0.245 e. The fraction of sp³-hybridized carbons (Fsp3) is 0.595. The van der Waals surface area contributed by atoms with E-state index in [1.54, 1.807) is 0 Å². The lowest BCUT2D eigenvalue weighted by Crippen LogP contribution is -2.59. The molecular formula is C37H47ClN4O4. The van der Waals surface area contributed by atoms with E-state index in [1.165, 1.54) is 24.8 Å². The Bertz CT molecular complexity index is 1440. The summed E-state index contributed by atoms with van der Waals surface area (Å²) in [6.07, 6.45) is 9.97. The zero-order valence-electron chi connectivity index (χ0n) is 26.7. The summed E-state index contributed by atoms with van der Waals surface area (Å²) in [6.45, 7) is 2.37. The van der Waals surface area contributed by atoms with Crippen molar-refractivity contribution in [3.63, 3.8) is 0 Å². The molecule has 2 aliphatic carbocycles. The summed E-state index contributed by atoms with van der Waals surface area (Å²) in [5.74, 6) is -0.0324. The molecule has 2 aromatic carbocycles. The lowest BCUT2D eigenvalue weighted by Gasteiger charge is -2.49. The number of nitrogens with one attached hydrogen (secondary N) is 1. The molecule has 246 valence electrons. The highest BCUT2D eigenvalue weighted by Gasteiger charge is 2.53. The number of nitrogens with zero attached hydrogens (tertiary/aromatic N) is 2. The number of morpholine rings is 1. The fourth-order valence-corrected chi connectivity index (χ4v) is 9.28. The molecule has 4 fully saturated rings. The van der Waals surface area contributed by atoms with Crippen LogP contribution in [0.1, 0.15) is 80.5 Å². The molecule has 4 unspecified atom stereocenters. The topological polar surface area (TPSA) is 105 Å². The van der Waals surface area contributed by atoms with Gasteiger partial charge < -0.3 is 25.6 Å². The van der Waals surface area contributed by atoms with Gasteiger partial charge in [0.05, 0.1) is 30.1 Å². The minimum Gasteiger partial charge on any atom is -0.374 e. The molecule has 2 bridgehead atoms. The van der Waals surface area contributed by atoms with Gasteiger partial charge in [-0.15, -0.1) is 0 Å². The Morgan fingerprint density at radius 1 is 1.00 bits per heavy atom. The molecule has 0 radical (unpaired) electrons. The van der Waals surface area contributed by atoms with Gasteiger partial charge in [-0.1, -0.05) is 67.3 Å². The number of piperidine rings is 1. The third kappa shape index (κ3) is 6.09. The minimum atomic E-state index is -0.734. The summed E-state index contributed by atoms with van der Waals surface area (Å²) in [5.41, 5.74) is 9.33. The Kier molecular flexibility index (Phi) is 9.14. The standard InChI is InChI=1S/C37H47ClN4O4/c38-27-13-10-24(11-14-27)20-32(40-34(43)31-15-12-25-6-4-5-9-30(25)33(31)39)35(44)41-18-16-37(17-19-41,26-7-2-1-3-8-26)36(45)42-22-29-21-28(42)23-46-29/h4-6,9-11,13-14,26,28-29,31-33H,1-3,7-8,12,15-23,39H2,(H,40,43)/t28?,29?,31?,32-,33?/m1/s1. The van der Waals surface area contributed by atoms with Gasteiger partial charge in [-0.2, -0.15) is 0 Å². The van der Waals surface area contributed by atoms with Gasteiger partial charge in [0.25, 0.3) is 0 Å². The van der Waals surface area contributed by atoms with Crippen LogP contribution in [0.5, 0.6) is 0 Å². The number of nitrogens with two attached hydrogens (primary N) is 1. The summed E-state index contributed by atoms with van der Waals surface area (Å²) in [7, 11) is 0. The molecule has 3 N–H and O–H groups in total. The normalized spacial score (nSPS) is 28.0. The SMILES string of the molecule is NC1c2ccccc2CCC1C(=O)N[C@H](Cc1ccc(Cl)cc1)C(=O)N1CCC(C(=O)N2CC3CC2CO3)(C2CCCCC2)CC1. The number of hydrogen-bond acceptors (Lipinski definition) is 5. The Balaban J connectivity index is 1.09. The van der Waals surface area contributed by atoms with E-state index in [1.807, 2.05) is 47.4 Å². The average Bonchev–Trinajstić information content (AvgIpc) is 3.73. The van der Waals surface area contributed by atoms with Crippen molar-refractivity contribution >= 4 is 29.3 Å². The maximum atomic E-state index is 14.4. The van der Waals surface area contributed by atoms with Crippen LogP contribution in [-0.2, 0) is 32.0 Å². The van der Waals surface area contributed by atoms with Crippen LogP contribution in [-0.4, -0.2) is 72.0 Å². The molecule has 8 nitrogen and oxygen atoms in total. The first-order chi connectivity index (χ1) is 22.3. The van der Waals surface area contributed by atoms with Crippen molar-refractivity contribution in [1.82, 2.24) is 15.1 Å². The Morgan fingerprint density at radius 2 is 1.74 bits per heavy atom. The lowest BCUT2D eigenvalue weighted by molar-refractivity contribution is -0.158. The van der Waals surface area contributed by atoms with Gasteiger partial charge in [-0.3, -0.25) is 14.4 Å². The molecule has 3 aliphatic heterocycles. The van der Waals surface area contributed by atoms with Crippen LogP contribution in [0, 0.1) is 17.3 Å². The quantitative estimate of drug-likeness (QED) is 0.449. The van der Waals surface area contributed by atoms with Crippen molar-refractivity contribution in [3.8, 4) is 0 Å². The summed E-state index contributed by atoms with van der Waals surface area (Å²) >= 11 is 6.16. The van der Waals surface area contributed by atoms with Crippen molar-refractivity contribution in [1.29, 1.82) is 0 Å². The first-order valence-corrected chi connectivity index (χ1v) is 17.8. The van der Waals surface area contributed by atoms with E-state index in [0.717, 1.165) is 36.8 Å². The smallest absolute Gasteiger partial charge is 0.245 e. The molecular weight excluding hydrogens is 600 g/mol. The van der Waals surface area contributed by atoms with Gasteiger partial charge in [0.15, 0.2) is 0 Å². The van der Waals surface area contributed by atoms with Crippen LogP contribution in [0.15, 0.2) is 48.5 Å².